The minimum atomic E-state index is -0.318. The predicted octanol–water partition coefficient (Wildman–Crippen LogP) is 3.03. The molecule has 1 heterocycles. The number of hydrogen-bond donors (Lipinski definition) is 0. The first-order chi connectivity index (χ1) is 9.81. The van der Waals surface area contributed by atoms with Gasteiger partial charge >= 0.3 is 6.09 Å². The molecule has 0 spiro atoms. The maximum absolute atomic E-state index is 11.7. The van der Waals surface area contributed by atoms with Crippen LogP contribution in [-0.2, 0) is 4.74 Å². The van der Waals surface area contributed by atoms with Crippen molar-refractivity contribution in [2.75, 3.05) is 31.8 Å². The second-order valence-electron chi connectivity index (χ2n) is 4.35. The van der Waals surface area contributed by atoms with Crippen LogP contribution in [0, 0.1) is 0 Å². The van der Waals surface area contributed by atoms with Crippen molar-refractivity contribution in [1.29, 1.82) is 0 Å². The van der Waals surface area contributed by atoms with Crippen LogP contribution in [0.5, 0.6) is 11.5 Å². The Morgan fingerprint density at radius 1 is 1.15 bits per heavy atom. The molecule has 1 aliphatic heterocycles. The maximum Gasteiger partial charge on any atom is 0.412 e. The molecule has 6 heteroatoms. The van der Waals surface area contributed by atoms with Crippen molar-refractivity contribution in [2.45, 2.75) is 12.8 Å². The van der Waals surface area contributed by atoms with E-state index in [-0.39, 0.29) is 12.9 Å². The van der Waals surface area contributed by atoms with Gasteiger partial charge in [-0.25, -0.2) is 4.79 Å². The summed E-state index contributed by atoms with van der Waals surface area (Å²) in [7, 11) is 0. The van der Waals surface area contributed by atoms with Gasteiger partial charge in [0.25, 0.3) is 0 Å². The van der Waals surface area contributed by atoms with E-state index in [2.05, 4.69) is 15.9 Å². The number of hydrogen-bond acceptors (Lipinski definition) is 4. The largest absolute Gasteiger partial charge is 0.489 e. The lowest BCUT2D eigenvalue weighted by atomic mass is 10.3. The number of rotatable bonds is 6. The highest BCUT2D eigenvalue weighted by molar-refractivity contribution is 9.09. The van der Waals surface area contributed by atoms with Crippen LogP contribution in [0.1, 0.15) is 12.8 Å². The summed E-state index contributed by atoms with van der Waals surface area (Å²) < 4.78 is 16.1. The highest BCUT2D eigenvalue weighted by Crippen LogP contribution is 2.26. The molecule has 20 heavy (non-hydrogen) atoms. The lowest BCUT2D eigenvalue weighted by Crippen LogP contribution is -2.29. The number of nitrogens with zero attached hydrogens (tertiary/aromatic N) is 1. The highest BCUT2D eigenvalue weighted by atomic mass is 79.9. The van der Waals surface area contributed by atoms with Gasteiger partial charge in [-0.1, -0.05) is 28.1 Å². The Labute approximate surface area is 126 Å². The van der Waals surface area contributed by atoms with Crippen molar-refractivity contribution in [1.82, 2.24) is 4.90 Å². The average molecular weight is 344 g/mol. The van der Waals surface area contributed by atoms with E-state index in [4.69, 9.17) is 14.2 Å². The van der Waals surface area contributed by atoms with Gasteiger partial charge in [0.05, 0.1) is 6.61 Å². The molecule has 1 aromatic carbocycles. The normalized spacial score (nSPS) is 14.2. The summed E-state index contributed by atoms with van der Waals surface area (Å²) in [5.41, 5.74) is 0. The molecule has 2 rings (SSSR count). The summed E-state index contributed by atoms with van der Waals surface area (Å²) in [6.45, 7) is 1.98. The van der Waals surface area contributed by atoms with Crippen LogP contribution in [0.2, 0.25) is 0 Å². The first-order valence-corrected chi connectivity index (χ1v) is 7.75. The van der Waals surface area contributed by atoms with Gasteiger partial charge in [0, 0.05) is 18.4 Å². The Morgan fingerprint density at radius 3 is 2.45 bits per heavy atom. The van der Waals surface area contributed by atoms with Gasteiger partial charge in [-0.2, -0.15) is 0 Å². The second-order valence-corrected chi connectivity index (χ2v) is 5.14. The summed E-state index contributed by atoms with van der Waals surface area (Å²) in [5.74, 6) is 1.21. The topological polar surface area (TPSA) is 48.0 Å². The van der Waals surface area contributed by atoms with Gasteiger partial charge in [0.2, 0.25) is 6.79 Å². The number of carbonyl (C=O) groups excluding carboxylic acids is 1. The molecule has 1 amide bonds. The van der Waals surface area contributed by atoms with Crippen LogP contribution in [0.4, 0.5) is 4.79 Å². The SMILES string of the molecule is O=C(OCOc1ccccc1OCCBr)N1CCCC1. The maximum atomic E-state index is 11.7. The number of ether oxygens (including phenoxy) is 3. The quantitative estimate of drug-likeness (QED) is 0.588. The van der Waals surface area contributed by atoms with Crippen molar-refractivity contribution in [3.63, 3.8) is 0 Å². The third-order valence-electron chi connectivity index (χ3n) is 2.94. The molecule has 0 radical (unpaired) electrons. The smallest absolute Gasteiger partial charge is 0.412 e. The minimum Gasteiger partial charge on any atom is -0.489 e. The number of para-hydroxylation sites is 2. The molecule has 110 valence electrons. The van der Waals surface area contributed by atoms with Gasteiger partial charge in [-0.05, 0) is 25.0 Å². The van der Waals surface area contributed by atoms with Crippen LogP contribution in [0.3, 0.4) is 0 Å². The van der Waals surface area contributed by atoms with E-state index in [9.17, 15) is 4.79 Å². The Morgan fingerprint density at radius 2 is 1.80 bits per heavy atom. The van der Waals surface area contributed by atoms with Gasteiger partial charge in [0.1, 0.15) is 0 Å². The highest BCUT2D eigenvalue weighted by Gasteiger charge is 2.19. The van der Waals surface area contributed by atoms with E-state index in [0.717, 1.165) is 31.3 Å². The third-order valence-corrected chi connectivity index (χ3v) is 3.27. The number of alkyl halides is 1. The molecule has 5 nitrogen and oxygen atoms in total. The molecule has 1 fully saturated rings. The van der Waals surface area contributed by atoms with E-state index in [1.807, 2.05) is 18.2 Å². The predicted molar refractivity (Wildman–Crippen MR) is 78.5 cm³/mol. The van der Waals surface area contributed by atoms with E-state index in [1.54, 1.807) is 11.0 Å². The molecule has 0 saturated carbocycles. The number of amides is 1. The fraction of sp³-hybridized carbons (Fsp3) is 0.500. The van der Waals surface area contributed by atoms with Crippen molar-refractivity contribution in [2.24, 2.45) is 0 Å². The molecule has 0 atom stereocenters. The van der Waals surface area contributed by atoms with Crippen molar-refractivity contribution >= 4 is 22.0 Å². The number of carbonyl (C=O) groups is 1. The van der Waals surface area contributed by atoms with E-state index >= 15 is 0 Å². The Kier molecular flexibility index (Phi) is 5.98. The van der Waals surface area contributed by atoms with Gasteiger partial charge < -0.3 is 19.1 Å². The first kappa shape index (κ1) is 15.0. The van der Waals surface area contributed by atoms with E-state index in [1.165, 1.54) is 0 Å². The zero-order valence-corrected chi connectivity index (χ0v) is 12.8. The Bertz CT molecular complexity index is 435. The minimum absolute atomic E-state index is 0.107. The zero-order chi connectivity index (χ0) is 14.2. The number of halogens is 1. The Balaban J connectivity index is 1.79. The summed E-state index contributed by atoms with van der Waals surface area (Å²) >= 11 is 3.30. The van der Waals surface area contributed by atoms with E-state index < -0.39 is 0 Å². The lowest BCUT2D eigenvalue weighted by molar-refractivity contribution is 0.0375. The molecule has 0 aromatic heterocycles. The number of likely N-dealkylation sites (tertiary alicyclic amines) is 1. The first-order valence-electron chi connectivity index (χ1n) is 6.63. The molecule has 0 bridgehead atoms. The average Bonchev–Trinajstić information content (AvgIpc) is 3.00. The van der Waals surface area contributed by atoms with Crippen molar-refractivity contribution < 1.29 is 19.0 Å². The molecule has 1 saturated heterocycles. The van der Waals surface area contributed by atoms with Gasteiger partial charge in [-0.15, -0.1) is 0 Å². The fourth-order valence-corrected chi connectivity index (χ4v) is 2.13. The molecule has 0 unspecified atom stereocenters. The van der Waals surface area contributed by atoms with Crippen LogP contribution in [0.15, 0.2) is 24.3 Å². The summed E-state index contributed by atoms with van der Waals surface area (Å²) in [4.78, 5) is 13.4. The Hall–Kier alpha value is -1.43. The third kappa shape index (κ3) is 4.30. The molecule has 0 aliphatic carbocycles. The van der Waals surface area contributed by atoms with Crippen molar-refractivity contribution in [3.8, 4) is 11.5 Å². The molecule has 1 aromatic rings. The molecule has 0 N–H and O–H groups in total. The van der Waals surface area contributed by atoms with E-state index in [0.29, 0.717) is 18.1 Å². The zero-order valence-electron chi connectivity index (χ0n) is 11.2. The summed E-state index contributed by atoms with van der Waals surface area (Å²) in [6, 6.07) is 7.32. The summed E-state index contributed by atoms with van der Waals surface area (Å²) in [5, 5.41) is 0.741. The summed E-state index contributed by atoms with van der Waals surface area (Å²) in [6.07, 6.45) is 1.76. The fourth-order valence-electron chi connectivity index (χ4n) is 1.97. The second kappa shape index (κ2) is 7.99. The van der Waals surface area contributed by atoms with Crippen LogP contribution >= 0.6 is 15.9 Å². The standard InChI is InChI=1S/C14H18BrNO4/c15-7-10-18-12-5-1-2-6-13(12)19-11-20-14(17)16-8-3-4-9-16/h1-2,5-6H,3-4,7-11H2. The van der Waals surface area contributed by atoms with Crippen LogP contribution in [-0.4, -0.2) is 42.8 Å². The monoisotopic (exact) mass is 343 g/mol. The van der Waals surface area contributed by atoms with Crippen molar-refractivity contribution in [3.05, 3.63) is 24.3 Å². The van der Waals surface area contributed by atoms with Gasteiger partial charge in [-0.3, -0.25) is 0 Å². The number of benzene rings is 1. The van der Waals surface area contributed by atoms with Crippen LogP contribution in [0.25, 0.3) is 0 Å². The molecular weight excluding hydrogens is 326 g/mol. The van der Waals surface area contributed by atoms with Crippen LogP contribution < -0.4 is 9.47 Å². The molecular formula is C14H18BrNO4. The molecule has 1 aliphatic rings. The lowest BCUT2D eigenvalue weighted by Gasteiger charge is -2.16. The van der Waals surface area contributed by atoms with Gasteiger partial charge in [0.15, 0.2) is 11.5 Å².